The van der Waals surface area contributed by atoms with E-state index in [-0.39, 0.29) is 6.04 Å². The Kier molecular flexibility index (Phi) is 4.31. The first-order valence-electron chi connectivity index (χ1n) is 6.36. The molecule has 3 nitrogen and oxygen atoms in total. The molecule has 2 N–H and O–H groups in total. The number of pyridine rings is 1. The molecule has 2 heterocycles. The van der Waals surface area contributed by atoms with E-state index in [1.165, 1.54) is 16.8 Å². The van der Waals surface area contributed by atoms with E-state index in [0.29, 0.717) is 0 Å². The third-order valence-electron chi connectivity index (χ3n) is 3.06. The molecular formula is C16H19N3. The third-order valence-corrected chi connectivity index (χ3v) is 3.06. The summed E-state index contributed by atoms with van der Waals surface area (Å²) in [5.74, 6) is 0. The zero-order valence-corrected chi connectivity index (χ0v) is 11.2. The molecular weight excluding hydrogens is 234 g/mol. The molecule has 0 saturated heterocycles. The van der Waals surface area contributed by atoms with Crippen LogP contribution in [0.1, 0.15) is 24.2 Å². The average molecular weight is 253 g/mol. The van der Waals surface area contributed by atoms with Crippen molar-refractivity contribution in [3.05, 3.63) is 66.1 Å². The van der Waals surface area contributed by atoms with Crippen LogP contribution in [0.3, 0.4) is 0 Å². The molecule has 0 amide bonds. The number of hydrogen-bond acceptors (Lipinski definition) is 2. The molecule has 0 spiro atoms. The van der Waals surface area contributed by atoms with Gasteiger partial charge >= 0.3 is 0 Å². The molecule has 0 aromatic carbocycles. The lowest BCUT2D eigenvalue weighted by atomic mass is 10.1. The molecule has 0 bridgehead atoms. The second-order valence-corrected chi connectivity index (χ2v) is 4.49. The normalized spacial score (nSPS) is 13.6. The average Bonchev–Trinajstić information content (AvgIpc) is 2.78. The van der Waals surface area contributed by atoms with Crippen LogP contribution < -0.4 is 5.73 Å². The minimum Gasteiger partial charge on any atom is -0.324 e. The molecule has 0 aliphatic heterocycles. The summed E-state index contributed by atoms with van der Waals surface area (Å²) in [7, 11) is 0. The van der Waals surface area contributed by atoms with Crippen molar-refractivity contribution in [3.63, 3.8) is 0 Å². The van der Waals surface area contributed by atoms with E-state index in [2.05, 4.69) is 40.5 Å². The van der Waals surface area contributed by atoms with Gasteiger partial charge in [-0.25, -0.2) is 0 Å². The molecule has 0 aliphatic rings. The second kappa shape index (κ2) is 6.16. The standard InChI is InChI=1S/C16H19N3/c1-13(17)15-12-14-8-5-7-11-19(14)16(15)9-4-3-6-10-18-2/h3-8,10-13H,2,9,17H2,1H3/b4-3-,10-6-. The minimum absolute atomic E-state index is 0.0358. The van der Waals surface area contributed by atoms with Crippen molar-refractivity contribution in [1.82, 2.24) is 4.40 Å². The van der Waals surface area contributed by atoms with E-state index in [0.717, 1.165) is 6.42 Å². The van der Waals surface area contributed by atoms with Crippen LogP contribution >= 0.6 is 0 Å². The van der Waals surface area contributed by atoms with Crippen LogP contribution in [-0.2, 0) is 6.42 Å². The zero-order valence-electron chi connectivity index (χ0n) is 11.2. The van der Waals surface area contributed by atoms with Crippen molar-refractivity contribution >= 4 is 12.2 Å². The highest BCUT2D eigenvalue weighted by molar-refractivity contribution is 5.54. The summed E-state index contributed by atoms with van der Waals surface area (Å²) in [5, 5.41) is 0. The van der Waals surface area contributed by atoms with Gasteiger partial charge in [-0.3, -0.25) is 4.99 Å². The quantitative estimate of drug-likeness (QED) is 0.645. The van der Waals surface area contributed by atoms with Gasteiger partial charge < -0.3 is 10.1 Å². The van der Waals surface area contributed by atoms with Gasteiger partial charge in [-0.05, 0) is 43.5 Å². The molecule has 0 fully saturated rings. The lowest BCUT2D eigenvalue weighted by molar-refractivity contribution is 0.799. The molecule has 2 aromatic rings. The van der Waals surface area contributed by atoms with Gasteiger partial charge in [0.15, 0.2) is 0 Å². The zero-order chi connectivity index (χ0) is 13.7. The predicted molar refractivity (Wildman–Crippen MR) is 81.5 cm³/mol. The monoisotopic (exact) mass is 253 g/mol. The lowest BCUT2D eigenvalue weighted by Gasteiger charge is -2.07. The number of aromatic nitrogens is 1. The largest absolute Gasteiger partial charge is 0.324 e. The van der Waals surface area contributed by atoms with E-state index < -0.39 is 0 Å². The van der Waals surface area contributed by atoms with Crippen LogP contribution in [0.25, 0.3) is 5.52 Å². The molecule has 19 heavy (non-hydrogen) atoms. The Balaban J connectivity index is 2.34. The van der Waals surface area contributed by atoms with Crippen LogP contribution in [-0.4, -0.2) is 11.1 Å². The summed E-state index contributed by atoms with van der Waals surface area (Å²) >= 11 is 0. The fourth-order valence-corrected chi connectivity index (χ4v) is 2.18. The first-order valence-corrected chi connectivity index (χ1v) is 6.36. The predicted octanol–water partition coefficient (Wildman–Crippen LogP) is 3.27. The summed E-state index contributed by atoms with van der Waals surface area (Å²) in [6.45, 7) is 5.41. The minimum atomic E-state index is 0.0358. The van der Waals surface area contributed by atoms with Gasteiger partial charge in [0.05, 0.1) is 0 Å². The number of nitrogens with two attached hydrogens (primary N) is 1. The molecule has 2 rings (SSSR count). The molecule has 0 aliphatic carbocycles. The SMILES string of the molecule is C=N/C=C\C=C/Cc1c(C(C)N)cc2ccccn12. The Bertz CT molecular complexity index is 618. The van der Waals surface area contributed by atoms with Crippen molar-refractivity contribution in [2.45, 2.75) is 19.4 Å². The lowest BCUT2D eigenvalue weighted by Crippen LogP contribution is -2.07. The maximum atomic E-state index is 6.06. The Labute approximate surface area is 113 Å². The van der Waals surface area contributed by atoms with Crippen molar-refractivity contribution in [2.75, 3.05) is 0 Å². The van der Waals surface area contributed by atoms with Gasteiger partial charge in [0.2, 0.25) is 0 Å². The highest BCUT2D eigenvalue weighted by Crippen LogP contribution is 2.22. The number of fused-ring (bicyclic) bond motifs is 1. The van der Waals surface area contributed by atoms with E-state index in [1.807, 2.05) is 31.2 Å². The summed E-state index contributed by atoms with van der Waals surface area (Å²) < 4.78 is 2.19. The van der Waals surface area contributed by atoms with Gasteiger partial charge in [0.25, 0.3) is 0 Å². The number of rotatable bonds is 5. The fraction of sp³-hybridized carbons (Fsp3) is 0.188. The van der Waals surface area contributed by atoms with E-state index >= 15 is 0 Å². The number of aliphatic imine (C=N–C) groups is 1. The first-order chi connectivity index (χ1) is 9.24. The van der Waals surface area contributed by atoms with Gasteiger partial charge in [0, 0.05) is 36.1 Å². The van der Waals surface area contributed by atoms with Crippen molar-refractivity contribution in [3.8, 4) is 0 Å². The van der Waals surface area contributed by atoms with Crippen molar-refractivity contribution < 1.29 is 0 Å². The molecule has 1 unspecified atom stereocenters. The number of allylic oxidation sites excluding steroid dienone is 3. The van der Waals surface area contributed by atoms with E-state index in [1.54, 1.807) is 6.20 Å². The maximum absolute atomic E-state index is 6.06. The summed E-state index contributed by atoms with van der Waals surface area (Å²) in [6, 6.07) is 8.37. The number of nitrogens with zero attached hydrogens (tertiary/aromatic N) is 2. The maximum Gasteiger partial charge on any atom is 0.0456 e. The Hall–Kier alpha value is -2.13. The highest BCUT2D eigenvalue weighted by atomic mass is 14.9. The Morgan fingerprint density at radius 3 is 3.00 bits per heavy atom. The van der Waals surface area contributed by atoms with Gasteiger partial charge in [-0.2, -0.15) is 0 Å². The summed E-state index contributed by atoms with van der Waals surface area (Å²) in [4.78, 5) is 3.66. The second-order valence-electron chi connectivity index (χ2n) is 4.49. The van der Waals surface area contributed by atoms with Crippen molar-refractivity contribution in [1.29, 1.82) is 0 Å². The Morgan fingerprint density at radius 1 is 1.42 bits per heavy atom. The van der Waals surface area contributed by atoms with Crippen LogP contribution in [0, 0.1) is 0 Å². The first kappa shape index (κ1) is 13.3. The van der Waals surface area contributed by atoms with Crippen LogP contribution in [0.15, 0.2) is 59.9 Å². The van der Waals surface area contributed by atoms with E-state index in [9.17, 15) is 0 Å². The van der Waals surface area contributed by atoms with Crippen LogP contribution in [0.4, 0.5) is 0 Å². The molecule has 2 aromatic heterocycles. The molecule has 0 saturated carbocycles. The fourth-order valence-electron chi connectivity index (χ4n) is 2.18. The molecule has 98 valence electrons. The molecule has 3 heteroatoms. The van der Waals surface area contributed by atoms with Gasteiger partial charge in [-0.15, -0.1) is 0 Å². The summed E-state index contributed by atoms with van der Waals surface area (Å²) in [6.07, 6.45) is 10.5. The third kappa shape index (κ3) is 3.01. The Morgan fingerprint density at radius 2 is 2.26 bits per heavy atom. The summed E-state index contributed by atoms with van der Waals surface area (Å²) in [5.41, 5.74) is 9.67. The van der Waals surface area contributed by atoms with E-state index in [4.69, 9.17) is 5.73 Å². The highest BCUT2D eigenvalue weighted by Gasteiger charge is 2.11. The molecule has 0 radical (unpaired) electrons. The van der Waals surface area contributed by atoms with Gasteiger partial charge in [-0.1, -0.05) is 18.2 Å². The topological polar surface area (TPSA) is 42.8 Å². The van der Waals surface area contributed by atoms with Crippen molar-refractivity contribution in [2.24, 2.45) is 10.7 Å². The molecule has 1 atom stereocenters. The number of hydrogen-bond donors (Lipinski definition) is 1. The van der Waals surface area contributed by atoms with Crippen LogP contribution in [0.5, 0.6) is 0 Å². The van der Waals surface area contributed by atoms with Crippen LogP contribution in [0.2, 0.25) is 0 Å². The van der Waals surface area contributed by atoms with Gasteiger partial charge in [0.1, 0.15) is 0 Å². The smallest absolute Gasteiger partial charge is 0.0456 e.